The summed E-state index contributed by atoms with van der Waals surface area (Å²) in [6.07, 6.45) is 1.02. The predicted octanol–water partition coefficient (Wildman–Crippen LogP) is 2.63. The van der Waals surface area contributed by atoms with Gasteiger partial charge in [0, 0.05) is 17.4 Å². The summed E-state index contributed by atoms with van der Waals surface area (Å²) >= 11 is 0. The first kappa shape index (κ1) is 21.0. The maximum atomic E-state index is 12.6. The quantitative estimate of drug-likeness (QED) is 0.505. The van der Waals surface area contributed by atoms with Gasteiger partial charge in [-0.1, -0.05) is 0 Å². The second-order valence-corrected chi connectivity index (χ2v) is 7.36. The van der Waals surface area contributed by atoms with Gasteiger partial charge in [-0.2, -0.15) is 0 Å². The van der Waals surface area contributed by atoms with Crippen molar-refractivity contribution in [1.82, 2.24) is 0 Å². The molecule has 0 saturated carbocycles. The summed E-state index contributed by atoms with van der Waals surface area (Å²) in [6.45, 7) is 1.99. The van der Waals surface area contributed by atoms with Crippen molar-refractivity contribution in [2.45, 2.75) is 6.92 Å². The fraction of sp³-hybridized carbons (Fsp3) is 0.235. The molecule has 1 amide bonds. The van der Waals surface area contributed by atoms with Crippen LogP contribution < -0.4 is 19.5 Å². The highest BCUT2D eigenvalue weighted by Gasteiger charge is 2.25. The summed E-state index contributed by atoms with van der Waals surface area (Å²) in [4.78, 5) is 23.3. The third-order valence-electron chi connectivity index (χ3n) is 3.47. The molecule has 0 spiro atoms. The third kappa shape index (κ3) is 5.33. The van der Waals surface area contributed by atoms with E-state index in [0.29, 0.717) is 11.4 Å². The lowest BCUT2D eigenvalue weighted by Gasteiger charge is -2.12. The fourth-order valence-corrected chi connectivity index (χ4v) is 2.91. The Balaban J connectivity index is 2.31. The molecule has 0 bridgehead atoms. The van der Waals surface area contributed by atoms with E-state index in [4.69, 9.17) is 9.47 Å². The summed E-state index contributed by atoms with van der Waals surface area (Å²) in [5.74, 6) is -0.383. The highest BCUT2D eigenvalue weighted by Crippen LogP contribution is 2.35. The Morgan fingerprint density at radius 2 is 1.75 bits per heavy atom. The monoisotopic (exact) mass is 409 g/mol. The number of hydrogen-bond acceptors (Lipinski definition) is 7. The van der Waals surface area contributed by atoms with Crippen molar-refractivity contribution in [3.05, 3.63) is 52.1 Å². The second-order valence-electron chi connectivity index (χ2n) is 5.62. The Morgan fingerprint density at radius 3 is 2.25 bits per heavy atom. The van der Waals surface area contributed by atoms with Crippen molar-refractivity contribution < 1.29 is 27.6 Å². The van der Waals surface area contributed by atoms with E-state index >= 15 is 0 Å². The topological polar surface area (TPSA) is 137 Å². The number of hydrogen-bond donors (Lipinski definition) is 2. The maximum absolute atomic E-state index is 12.6. The number of benzene rings is 2. The highest BCUT2D eigenvalue weighted by molar-refractivity contribution is 7.92. The van der Waals surface area contributed by atoms with Gasteiger partial charge in [0.2, 0.25) is 10.0 Å². The Labute approximate surface area is 161 Å². The number of anilines is 2. The lowest BCUT2D eigenvalue weighted by Crippen LogP contribution is -2.15. The van der Waals surface area contributed by atoms with Crippen LogP contribution >= 0.6 is 0 Å². The van der Waals surface area contributed by atoms with Crippen molar-refractivity contribution in [1.29, 1.82) is 0 Å². The van der Waals surface area contributed by atoms with Gasteiger partial charge in [-0.05, 0) is 31.2 Å². The molecule has 150 valence electrons. The van der Waals surface area contributed by atoms with Gasteiger partial charge in [0.05, 0.1) is 31.0 Å². The van der Waals surface area contributed by atoms with Crippen LogP contribution in [-0.2, 0) is 10.0 Å². The summed E-state index contributed by atoms with van der Waals surface area (Å²) in [5, 5.41) is 13.9. The molecular formula is C17H19N3O7S. The molecule has 0 aromatic heterocycles. The first-order chi connectivity index (χ1) is 13.1. The van der Waals surface area contributed by atoms with Gasteiger partial charge in [-0.15, -0.1) is 0 Å². The zero-order valence-electron chi connectivity index (χ0n) is 15.4. The summed E-state index contributed by atoms with van der Waals surface area (Å²) in [5.41, 5.74) is 0.00108. The van der Waals surface area contributed by atoms with Crippen LogP contribution in [0.2, 0.25) is 0 Å². The van der Waals surface area contributed by atoms with E-state index in [0.717, 1.165) is 12.3 Å². The van der Waals surface area contributed by atoms with Gasteiger partial charge in [0.15, 0.2) is 11.5 Å². The Hall–Kier alpha value is -3.34. The molecule has 2 rings (SSSR count). The molecule has 11 heteroatoms. The minimum absolute atomic E-state index is 0.157. The van der Waals surface area contributed by atoms with E-state index in [-0.39, 0.29) is 23.7 Å². The van der Waals surface area contributed by atoms with Crippen molar-refractivity contribution in [3.8, 4) is 11.5 Å². The average molecular weight is 409 g/mol. The zero-order valence-corrected chi connectivity index (χ0v) is 16.2. The van der Waals surface area contributed by atoms with Gasteiger partial charge in [-0.25, -0.2) is 8.42 Å². The number of nitrogens with zero attached hydrogens (tertiary/aromatic N) is 1. The number of nitrogens with one attached hydrogen (secondary N) is 2. The lowest BCUT2D eigenvalue weighted by molar-refractivity contribution is -0.385. The van der Waals surface area contributed by atoms with E-state index in [2.05, 4.69) is 10.0 Å². The Kier molecular flexibility index (Phi) is 6.41. The fourth-order valence-electron chi connectivity index (χ4n) is 2.34. The maximum Gasteiger partial charge on any atom is 0.286 e. The smallest absolute Gasteiger partial charge is 0.286 e. The number of rotatable bonds is 8. The average Bonchev–Trinajstić information content (AvgIpc) is 2.62. The largest absolute Gasteiger partial charge is 0.493 e. The number of nitro groups is 1. The molecule has 10 nitrogen and oxygen atoms in total. The molecular weight excluding hydrogens is 390 g/mol. The van der Waals surface area contributed by atoms with Gasteiger partial charge in [0.25, 0.3) is 11.6 Å². The van der Waals surface area contributed by atoms with Gasteiger partial charge >= 0.3 is 0 Å². The summed E-state index contributed by atoms with van der Waals surface area (Å²) in [6, 6.07) is 8.19. The number of amides is 1. The Bertz CT molecular complexity index is 989. The normalized spacial score (nSPS) is 10.8. The van der Waals surface area contributed by atoms with Gasteiger partial charge < -0.3 is 14.8 Å². The molecule has 2 N–H and O–H groups in total. The Morgan fingerprint density at radius 1 is 1.14 bits per heavy atom. The number of methoxy groups -OCH3 is 1. The molecule has 2 aromatic rings. The predicted molar refractivity (Wildman–Crippen MR) is 104 cm³/mol. The van der Waals surface area contributed by atoms with Crippen LogP contribution in [0.15, 0.2) is 36.4 Å². The van der Waals surface area contributed by atoms with Crippen LogP contribution in [0.5, 0.6) is 11.5 Å². The van der Waals surface area contributed by atoms with Crippen LogP contribution in [0.1, 0.15) is 17.3 Å². The van der Waals surface area contributed by atoms with Gasteiger partial charge in [0.1, 0.15) is 5.56 Å². The number of nitro benzene ring substituents is 1. The standard InChI is InChI=1S/C17H19N3O7S/c1-4-27-16-10-14(20(22)23)13(9-15(16)26-2)17(21)18-11-5-7-12(8-6-11)19-28(3,24)25/h5-10,19H,4H2,1-3H3,(H,18,21). The van der Waals surface area contributed by atoms with Crippen molar-refractivity contribution >= 4 is 33.0 Å². The molecule has 28 heavy (non-hydrogen) atoms. The van der Waals surface area contributed by atoms with E-state index < -0.39 is 26.5 Å². The zero-order chi connectivity index (χ0) is 20.9. The van der Waals surface area contributed by atoms with Gasteiger partial charge in [-0.3, -0.25) is 19.6 Å². The second kappa shape index (κ2) is 8.57. The highest BCUT2D eigenvalue weighted by atomic mass is 32.2. The van der Waals surface area contributed by atoms with E-state index in [1.807, 2.05) is 0 Å². The molecule has 0 saturated heterocycles. The molecule has 0 atom stereocenters. The molecule has 0 fully saturated rings. The molecule has 2 aromatic carbocycles. The van der Waals surface area contributed by atoms with Crippen molar-refractivity contribution in [2.24, 2.45) is 0 Å². The van der Waals surface area contributed by atoms with Crippen molar-refractivity contribution in [3.63, 3.8) is 0 Å². The number of ether oxygens (including phenoxy) is 2. The minimum Gasteiger partial charge on any atom is -0.493 e. The van der Waals surface area contributed by atoms with Crippen molar-refractivity contribution in [2.75, 3.05) is 30.0 Å². The summed E-state index contributed by atoms with van der Waals surface area (Å²) in [7, 11) is -2.07. The van der Waals surface area contributed by atoms with Crippen LogP contribution in [0.4, 0.5) is 17.1 Å². The van der Waals surface area contributed by atoms with Crippen LogP contribution in [-0.4, -0.2) is 39.2 Å². The molecule has 0 heterocycles. The first-order valence-corrected chi connectivity index (χ1v) is 9.92. The lowest BCUT2D eigenvalue weighted by atomic mass is 10.1. The van der Waals surface area contributed by atoms with E-state index in [9.17, 15) is 23.3 Å². The number of carbonyl (C=O) groups excluding carboxylic acids is 1. The third-order valence-corrected chi connectivity index (χ3v) is 4.08. The minimum atomic E-state index is -3.43. The number of carbonyl (C=O) groups is 1. The van der Waals surface area contributed by atoms with E-state index in [1.54, 1.807) is 6.92 Å². The first-order valence-electron chi connectivity index (χ1n) is 8.03. The molecule has 0 unspecified atom stereocenters. The summed E-state index contributed by atoms with van der Waals surface area (Å²) < 4.78 is 35.2. The SMILES string of the molecule is CCOc1cc([N+](=O)[O-])c(C(=O)Nc2ccc(NS(C)(=O)=O)cc2)cc1OC. The van der Waals surface area contributed by atoms with Crippen LogP contribution in [0, 0.1) is 10.1 Å². The molecule has 0 aliphatic carbocycles. The molecule has 0 aliphatic heterocycles. The van der Waals surface area contributed by atoms with Crippen LogP contribution in [0.25, 0.3) is 0 Å². The molecule has 0 aliphatic rings. The number of sulfonamides is 1. The molecule has 0 radical (unpaired) electrons. The van der Waals surface area contributed by atoms with E-state index in [1.165, 1.54) is 37.4 Å². The van der Waals surface area contributed by atoms with Crippen LogP contribution in [0.3, 0.4) is 0 Å².